The molecule has 0 unspecified atom stereocenters. The number of anilines is 1. The van der Waals surface area contributed by atoms with Gasteiger partial charge < -0.3 is 4.90 Å². The summed E-state index contributed by atoms with van der Waals surface area (Å²) in [6.07, 6.45) is 3.75. The van der Waals surface area contributed by atoms with Gasteiger partial charge in [0, 0.05) is 12.7 Å². The van der Waals surface area contributed by atoms with Crippen LogP contribution in [0.25, 0.3) is 6.08 Å². The number of rotatable bonds is 2. The number of ketones is 2. The van der Waals surface area contributed by atoms with Crippen molar-refractivity contribution in [2.75, 3.05) is 11.9 Å². The van der Waals surface area contributed by atoms with Gasteiger partial charge in [0.2, 0.25) is 0 Å². The van der Waals surface area contributed by atoms with Gasteiger partial charge in [-0.25, -0.2) is 0 Å². The van der Waals surface area contributed by atoms with Crippen molar-refractivity contribution in [1.29, 1.82) is 0 Å². The van der Waals surface area contributed by atoms with Crippen LogP contribution in [0.4, 0.5) is 5.69 Å². The molecule has 1 aromatic rings. The zero-order chi connectivity index (χ0) is 13.3. The Kier molecular flexibility index (Phi) is 3.15. The highest BCUT2D eigenvalue weighted by Crippen LogP contribution is 2.30. The van der Waals surface area contributed by atoms with E-state index in [0.29, 0.717) is 5.70 Å². The summed E-state index contributed by atoms with van der Waals surface area (Å²) in [6.45, 7) is 2.85. The van der Waals surface area contributed by atoms with E-state index in [1.165, 1.54) is 13.8 Å². The minimum Gasteiger partial charge on any atom is -0.343 e. The number of nitrogens with zero attached hydrogens (tertiary/aromatic N) is 1. The largest absolute Gasteiger partial charge is 0.343 e. The standard InChI is InChI=1S/C15H15NO2/c1-10(17)15(11(2)18)14-9-8-12-6-4-5-7-13(12)16(14)3/h4-9H,1-3H3. The van der Waals surface area contributed by atoms with Crippen molar-refractivity contribution in [2.24, 2.45) is 0 Å². The molecule has 18 heavy (non-hydrogen) atoms. The number of likely N-dealkylation sites (N-methyl/N-ethyl adjacent to an activating group) is 1. The molecule has 0 radical (unpaired) electrons. The molecule has 3 heteroatoms. The van der Waals surface area contributed by atoms with Crippen molar-refractivity contribution >= 4 is 23.3 Å². The Morgan fingerprint density at radius 3 is 2.22 bits per heavy atom. The molecule has 0 aliphatic carbocycles. The maximum atomic E-state index is 11.6. The second-order valence-electron chi connectivity index (χ2n) is 4.32. The molecule has 0 atom stereocenters. The summed E-state index contributed by atoms with van der Waals surface area (Å²) >= 11 is 0. The lowest BCUT2D eigenvalue weighted by Gasteiger charge is -2.27. The normalized spacial score (nSPS) is 13.3. The minimum atomic E-state index is -0.201. The molecule has 0 bridgehead atoms. The molecular weight excluding hydrogens is 226 g/mol. The van der Waals surface area contributed by atoms with Crippen LogP contribution in [0, 0.1) is 0 Å². The van der Waals surface area contributed by atoms with E-state index in [0.717, 1.165) is 11.3 Å². The van der Waals surface area contributed by atoms with Crippen molar-refractivity contribution in [3.05, 3.63) is 47.2 Å². The fraction of sp³-hybridized carbons (Fsp3) is 0.200. The molecular formula is C15H15NO2. The first-order valence-corrected chi connectivity index (χ1v) is 5.79. The molecule has 3 nitrogen and oxygen atoms in total. The van der Waals surface area contributed by atoms with E-state index in [1.54, 1.807) is 0 Å². The third kappa shape index (κ3) is 1.99. The van der Waals surface area contributed by atoms with E-state index in [1.807, 2.05) is 48.4 Å². The Labute approximate surface area is 106 Å². The van der Waals surface area contributed by atoms with E-state index in [4.69, 9.17) is 0 Å². The first kappa shape index (κ1) is 12.3. The molecule has 0 saturated carbocycles. The number of hydrogen-bond donors (Lipinski definition) is 0. The first-order chi connectivity index (χ1) is 8.52. The number of fused-ring (bicyclic) bond motifs is 1. The van der Waals surface area contributed by atoms with Crippen molar-refractivity contribution in [1.82, 2.24) is 0 Å². The van der Waals surface area contributed by atoms with Gasteiger partial charge >= 0.3 is 0 Å². The number of hydrogen-bond acceptors (Lipinski definition) is 3. The average Bonchev–Trinajstić information content (AvgIpc) is 2.32. The van der Waals surface area contributed by atoms with Crippen LogP contribution in [0.5, 0.6) is 0 Å². The van der Waals surface area contributed by atoms with Crippen LogP contribution in [0.1, 0.15) is 19.4 Å². The predicted octanol–water partition coefficient (Wildman–Crippen LogP) is 2.58. The second-order valence-corrected chi connectivity index (χ2v) is 4.32. The third-order valence-corrected chi connectivity index (χ3v) is 3.04. The number of carbonyl (C=O) groups is 2. The maximum absolute atomic E-state index is 11.6. The number of allylic oxidation sites excluding steroid dienone is 2. The van der Waals surface area contributed by atoms with Gasteiger partial charge in [0.05, 0.1) is 11.3 Å². The quantitative estimate of drug-likeness (QED) is 0.453. The summed E-state index contributed by atoms with van der Waals surface area (Å²) in [6, 6.07) is 7.87. The van der Waals surface area contributed by atoms with Gasteiger partial charge in [0.1, 0.15) is 0 Å². The molecule has 1 aliphatic rings. The fourth-order valence-corrected chi connectivity index (χ4v) is 2.20. The van der Waals surface area contributed by atoms with E-state index in [-0.39, 0.29) is 17.1 Å². The Morgan fingerprint density at radius 2 is 1.61 bits per heavy atom. The SMILES string of the molecule is CC(=O)C(C(C)=O)=C1C=Cc2ccccc2N1C. The third-order valence-electron chi connectivity index (χ3n) is 3.04. The van der Waals surface area contributed by atoms with E-state index < -0.39 is 0 Å². The summed E-state index contributed by atoms with van der Waals surface area (Å²) in [4.78, 5) is 25.1. The van der Waals surface area contributed by atoms with Crippen molar-refractivity contribution < 1.29 is 9.59 Å². The van der Waals surface area contributed by atoms with Crippen molar-refractivity contribution in [3.8, 4) is 0 Å². The van der Waals surface area contributed by atoms with Gasteiger partial charge in [0.15, 0.2) is 11.6 Å². The number of para-hydroxylation sites is 1. The smallest absolute Gasteiger partial charge is 0.165 e. The number of Topliss-reactive ketones (excluding diaryl/α,β-unsaturated/α-hetero) is 2. The summed E-state index contributed by atoms with van der Waals surface area (Å²) in [5.41, 5.74) is 2.99. The van der Waals surface area contributed by atoms with Crippen LogP contribution in [-0.2, 0) is 9.59 Å². The highest BCUT2D eigenvalue weighted by Gasteiger charge is 2.21. The van der Waals surface area contributed by atoms with E-state index in [9.17, 15) is 9.59 Å². The zero-order valence-corrected chi connectivity index (χ0v) is 10.7. The van der Waals surface area contributed by atoms with Crippen LogP contribution in [0.15, 0.2) is 41.6 Å². The predicted molar refractivity (Wildman–Crippen MR) is 72.3 cm³/mol. The van der Waals surface area contributed by atoms with Gasteiger partial charge in [-0.1, -0.05) is 24.3 Å². The van der Waals surface area contributed by atoms with Crippen LogP contribution in [-0.4, -0.2) is 18.6 Å². The zero-order valence-electron chi connectivity index (χ0n) is 10.7. The molecule has 0 aromatic heterocycles. The van der Waals surface area contributed by atoms with Gasteiger partial charge in [-0.05, 0) is 31.6 Å². The highest BCUT2D eigenvalue weighted by atomic mass is 16.1. The molecule has 0 N–H and O–H groups in total. The van der Waals surface area contributed by atoms with Crippen LogP contribution in [0.3, 0.4) is 0 Å². The second kappa shape index (κ2) is 4.61. The van der Waals surface area contributed by atoms with Crippen LogP contribution in [0.2, 0.25) is 0 Å². The van der Waals surface area contributed by atoms with Gasteiger partial charge in [-0.3, -0.25) is 9.59 Å². The van der Waals surface area contributed by atoms with Crippen molar-refractivity contribution in [2.45, 2.75) is 13.8 Å². The summed E-state index contributed by atoms with van der Waals surface area (Å²) in [5, 5.41) is 0. The first-order valence-electron chi connectivity index (χ1n) is 5.79. The summed E-state index contributed by atoms with van der Waals surface area (Å²) in [5.74, 6) is -0.401. The monoisotopic (exact) mass is 241 g/mol. The molecule has 0 spiro atoms. The van der Waals surface area contributed by atoms with E-state index in [2.05, 4.69) is 0 Å². The van der Waals surface area contributed by atoms with E-state index >= 15 is 0 Å². The molecule has 1 aromatic carbocycles. The lowest BCUT2D eigenvalue weighted by molar-refractivity contribution is -0.119. The molecule has 92 valence electrons. The maximum Gasteiger partial charge on any atom is 0.165 e. The van der Waals surface area contributed by atoms with Crippen LogP contribution >= 0.6 is 0 Å². The Morgan fingerprint density at radius 1 is 1.00 bits per heavy atom. The number of benzene rings is 1. The van der Waals surface area contributed by atoms with Crippen LogP contribution < -0.4 is 4.90 Å². The molecule has 1 aliphatic heterocycles. The molecule has 0 saturated heterocycles. The fourth-order valence-electron chi connectivity index (χ4n) is 2.20. The van der Waals surface area contributed by atoms with Gasteiger partial charge in [-0.2, -0.15) is 0 Å². The lowest BCUT2D eigenvalue weighted by atomic mass is 10.00. The Balaban J connectivity index is 2.61. The van der Waals surface area contributed by atoms with Gasteiger partial charge in [-0.15, -0.1) is 0 Å². The topological polar surface area (TPSA) is 37.4 Å². The average molecular weight is 241 g/mol. The van der Waals surface area contributed by atoms with Crippen molar-refractivity contribution in [3.63, 3.8) is 0 Å². The Hall–Kier alpha value is -2.16. The molecule has 2 rings (SSSR count). The summed E-state index contributed by atoms with van der Waals surface area (Å²) < 4.78 is 0. The number of carbonyl (C=O) groups excluding carboxylic acids is 2. The van der Waals surface area contributed by atoms with Gasteiger partial charge in [0.25, 0.3) is 0 Å². The summed E-state index contributed by atoms with van der Waals surface area (Å²) in [7, 11) is 1.86. The highest BCUT2D eigenvalue weighted by molar-refractivity contribution is 6.20. The Bertz CT molecular complexity index is 566. The molecule has 0 fully saturated rings. The molecule has 1 heterocycles. The molecule has 0 amide bonds. The lowest BCUT2D eigenvalue weighted by Crippen LogP contribution is -2.24. The minimum absolute atomic E-state index is 0.201.